The number of hydrogen-bond donors (Lipinski definition) is 1. The Bertz CT molecular complexity index is 552. The molecule has 0 atom stereocenters. The lowest BCUT2D eigenvalue weighted by Crippen LogP contribution is -2.19. The second-order valence-electron chi connectivity index (χ2n) is 5.77. The van der Waals surface area contributed by atoms with Crippen LogP contribution < -0.4 is 5.32 Å². The van der Waals surface area contributed by atoms with Gasteiger partial charge in [0.05, 0.1) is 5.69 Å². The lowest BCUT2D eigenvalue weighted by molar-refractivity contribution is -0.117. The van der Waals surface area contributed by atoms with Crippen LogP contribution in [0.15, 0.2) is 42.6 Å². The van der Waals surface area contributed by atoms with Gasteiger partial charge >= 0.3 is 0 Å². The van der Waals surface area contributed by atoms with Gasteiger partial charge in [-0.3, -0.25) is 4.79 Å². The van der Waals surface area contributed by atoms with Gasteiger partial charge in [-0.2, -0.15) is 5.10 Å². The lowest BCUT2D eigenvalue weighted by atomic mass is 9.92. The van der Waals surface area contributed by atoms with Crippen LogP contribution in [0.5, 0.6) is 0 Å². The number of para-hydroxylation sites is 1. The number of nitrogens with one attached hydrogen (secondary N) is 1. The van der Waals surface area contributed by atoms with Gasteiger partial charge in [0.1, 0.15) is 0 Å². The number of carbonyl (C=O) groups excluding carboxylic acids is 1. The van der Waals surface area contributed by atoms with Gasteiger partial charge in [0, 0.05) is 18.7 Å². The van der Waals surface area contributed by atoms with Crippen molar-refractivity contribution < 1.29 is 4.79 Å². The highest BCUT2D eigenvalue weighted by Crippen LogP contribution is 2.19. The van der Waals surface area contributed by atoms with E-state index in [1.54, 1.807) is 10.7 Å². The van der Waals surface area contributed by atoms with Crippen molar-refractivity contribution in [1.29, 1.82) is 0 Å². The maximum absolute atomic E-state index is 11.8. The molecule has 2 rings (SSSR count). The average Bonchev–Trinajstić information content (AvgIpc) is 2.76. The number of aromatic nitrogens is 2. The van der Waals surface area contributed by atoms with Gasteiger partial charge in [-0.15, -0.1) is 0 Å². The molecule has 1 aromatic carbocycles. The number of rotatable bonds is 3. The maximum Gasteiger partial charge on any atom is 0.226 e. The van der Waals surface area contributed by atoms with Gasteiger partial charge in [0.25, 0.3) is 0 Å². The van der Waals surface area contributed by atoms with Crippen LogP contribution in [0, 0.1) is 5.41 Å². The highest BCUT2D eigenvalue weighted by atomic mass is 16.1. The maximum atomic E-state index is 11.8. The summed E-state index contributed by atoms with van der Waals surface area (Å²) in [6.45, 7) is 6.11. The molecule has 0 unspecified atom stereocenters. The first-order chi connectivity index (χ1) is 8.94. The van der Waals surface area contributed by atoms with Gasteiger partial charge in [0.2, 0.25) is 5.91 Å². The standard InChI is InChI=1S/C15H19N3O/c1-15(2,3)11-14(19)16-13-9-10-18(17-13)12-7-5-4-6-8-12/h4-10H,11H2,1-3H3,(H,16,17,19). The van der Waals surface area contributed by atoms with E-state index in [2.05, 4.69) is 10.4 Å². The molecular weight excluding hydrogens is 238 g/mol. The van der Waals surface area contributed by atoms with E-state index in [1.807, 2.05) is 57.3 Å². The Hall–Kier alpha value is -2.10. The van der Waals surface area contributed by atoms with Crippen LogP contribution in [-0.4, -0.2) is 15.7 Å². The van der Waals surface area contributed by atoms with Crippen molar-refractivity contribution in [2.75, 3.05) is 5.32 Å². The number of nitrogens with zero attached hydrogens (tertiary/aromatic N) is 2. The Balaban J connectivity index is 2.04. The molecule has 0 radical (unpaired) electrons. The van der Waals surface area contributed by atoms with Crippen molar-refractivity contribution >= 4 is 11.7 Å². The summed E-state index contributed by atoms with van der Waals surface area (Å²) in [7, 11) is 0. The van der Waals surface area contributed by atoms with Crippen molar-refractivity contribution in [3.63, 3.8) is 0 Å². The molecule has 0 aliphatic rings. The molecule has 4 heteroatoms. The first-order valence-electron chi connectivity index (χ1n) is 6.35. The lowest BCUT2D eigenvalue weighted by Gasteiger charge is -2.16. The zero-order valence-electron chi connectivity index (χ0n) is 11.6. The molecule has 1 heterocycles. The van der Waals surface area contributed by atoms with E-state index in [4.69, 9.17) is 0 Å². The Kier molecular flexibility index (Phi) is 3.69. The number of hydrogen-bond acceptors (Lipinski definition) is 2. The topological polar surface area (TPSA) is 46.9 Å². The number of carbonyl (C=O) groups is 1. The minimum absolute atomic E-state index is 0.00851. The molecule has 0 saturated carbocycles. The largest absolute Gasteiger partial charge is 0.309 e. The molecule has 0 aliphatic carbocycles. The highest BCUT2D eigenvalue weighted by molar-refractivity contribution is 5.90. The Morgan fingerprint density at radius 2 is 1.89 bits per heavy atom. The van der Waals surface area contributed by atoms with Crippen LogP contribution in [0.2, 0.25) is 0 Å². The third-order valence-electron chi connectivity index (χ3n) is 2.57. The second kappa shape index (κ2) is 5.26. The van der Waals surface area contributed by atoms with E-state index in [0.717, 1.165) is 5.69 Å². The number of amides is 1. The van der Waals surface area contributed by atoms with E-state index in [9.17, 15) is 4.79 Å². The normalized spacial score (nSPS) is 11.3. The molecule has 100 valence electrons. The van der Waals surface area contributed by atoms with E-state index in [1.165, 1.54) is 0 Å². The fraction of sp³-hybridized carbons (Fsp3) is 0.333. The molecule has 19 heavy (non-hydrogen) atoms. The molecule has 1 aromatic heterocycles. The van der Waals surface area contributed by atoms with Gasteiger partial charge in [-0.1, -0.05) is 39.0 Å². The predicted molar refractivity (Wildman–Crippen MR) is 76.3 cm³/mol. The van der Waals surface area contributed by atoms with E-state index in [0.29, 0.717) is 12.2 Å². The molecule has 0 spiro atoms. The number of benzene rings is 1. The van der Waals surface area contributed by atoms with Crippen LogP contribution in [-0.2, 0) is 4.79 Å². The molecule has 0 aliphatic heterocycles. The quantitative estimate of drug-likeness (QED) is 0.917. The molecule has 4 nitrogen and oxygen atoms in total. The molecule has 1 N–H and O–H groups in total. The van der Waals surface area contributed by atoms with Crippen LogP contribution in [0.3, 0.4) is 0 Å². The van der Waals surface area contributed by atoms with Crippen LogP contribution in [0.25, 0.3) is 5.69 Å². The first-order valence-corrected chi connectivity index (χ1v) is 6.35. The number of anilines is 1. The summed E-state index contributed by atoms with van der Waals surface area (Å²) in [4.78, 5) is 11.8. The van der Waals surface area contributed by atoms with Gasteiger partial charge in [-0.25, -0.2) is 4.68 Å². The van der Waals surface area contributed by atoms with Crippen molar-refractivity contribution in [2.45, 2.75) is 27.2 Å². The van der Waals surface area contributed by atoms with Crippen LogP contribution >= 0.6 is 0 Å². The predicted octanol–water partition coefficient (Wildman–Crippen LogP) is 3.25. The van der Waals surface area contributed by atoms with E-state index in [-0.39, 0.29) is 11.3 Å². The van der Waals surface area contributed by atoms with Gasteiger partial charge < -0.3 is 5.32 Å². The minimum atomic E-state index is -0.0217. The van der Waals surface area contributed by atoms with Crippen molar-refractivity contribution in [2.24, 2.45) is 5.41 Å². The van der Waals surface area contributed by atoms with Crippen molar-refractivity contribution in [3.8, 4) is 5.69 Å². The minimum Gasteiger partial charge on any atom is -0.309 e. The SMILES string of the molecule is CC(C)(C)CC(=O)Nc1ccn(-c2ccccc2)n1. The average molecular weight is 257 g/mol. The Morgan fingerprint density at radius 3 is 2.53 bits per heavy atom. The highest BCUT2D eigenvalue weighted by Gasteiger charge is 2.16. The molecule has 1 amide bonds. The Morgan fingerprint density at radius 1 is 1.21 bits per heavy atom. The summed E-state index contributed by atoms with van der Waals surface area (Å²) < 4.78 is 1.74. The smallest absolute Gasteiger partial charge is 0.226 e. The van der Waals surface area contributed by atoms with E-state index >= 15 is 0 Å². The monoisotopic (exact) mass is 257 g/mol. The third-order valence-corrected chi connectivity index (χ3v) is 2.57. The summed E-state index contributed by atoms with van der Waals surface area (Å²) in [6.07, 6.45) is 2.31. The van der Waals surface area contributed by atoms with Crippen molar-refractivity contribution in [3.05, 3.63) is 42.6 Å². The summed E-state index contributed by atoms with van der Waals surface area (Å²) in [6, 6.07) is 11.6. The summed E-state index contributed by atoms with van der Waals surface area (Å²) in [5, 5.41) is 7.15. The van der Waals surface area contributed by atoms with Crippen LogP contribution in [0.4, 0.5) is 5.82 Å². The Labute approximate surface area is 113 Å². The zero-order valence-corrected chi connectivity index (χ0v) is 11.6. The molecule has 0 bridgehead atoms. The second-order valence-corrected chi connectivity index (χ2v) is 5.77. The molecule has 2 aromatic rings. The third kappa shape index (κ3) is 3.95. The van der Waals surface area contributed by atoms with Gasteiger partial charge in [0.15, 0.2) is 5.82 Å². The molecular formula is C15H19N3O. The van der Waals surface area contributed by atoms with Crippen LogP contribution in [0.1, 0.15) is 27.2 Å². The van der Waals surface area contributed by atoms with Crippen molar-refractivity contribution in [1.82, 2.24) is 9.78 Å². The summed E-state index contributed by atoms with van der Waals surface area (Å²) in [5.41, 5.74) is 0.949. The summed E-state index contributed by atoms with van der Waals surface area (Å²) >= 11 is 0. The summed E-state index contributed by atoms with van der Waals surface area (Å²) in [5.74, 6) is 0.573. The fourth-order valence-electron chi connectivity index (χ4n) is 1.78. The van der Waals surface area contributed by atoms with Gasteiger partial charge in [-0.05, 0) is 17.5 Å². The molecule has 0 saturated heterocycles. The van der Waals surface area contributed by atoms with E-state index < -0.39 is 0 Å². The molecule has 0 fully saturated rings. The first kappa shape index (κ1) is 13.3. The zero-order chi connectivity index (χ0) is 13.9. The fourth-order valence-corrected chi connectivity index (χ4v) is 1.78.